The number of likely N-dealkylation sites (tertiary alicyclic amines) is 1. The molecule has 2 aliphatic carbocycles. The van der Waals surface area contributed by atoms with Crippen LogP contribution in [0.5, 0.6) is 0 Å². The second kappa shape index (κ2) is 20.8. The van der Waals surface area contributed by atoms with Gasteiger partial charge in [-0.3, -0.25) is 47.9 Å². The lowest BCUT2D eigenvalue weighted by Gasteiger charge is -2.28. The van der Waals surface area contributed by atoms with Gasteiger partial charge in [0.25, 0.3) is 35.4 Å². The number of hydrogen-bond donors (Lipinski definition) is 8. The Morgan fingerprint density at radius 1 is 0.627 bits per heavy atom. The Hall–Kier alpha value is -10.5. The van der Waals surface area contributed by atoms with Gasteiger partial charge in [-0.1, -0.05) is 0 Å². The van der Waals surface area contributed by atoms with Crippen LogP contribution in [0, 0.1) is 11.3 Å². The maximum atomic E-state index is 14.1. The van der Waals surface area contributed by atoms with Crippen LogP contribution in [0.3, 0.4) is 0 Å². The third kappa shape index (κ3) is 10.1. The molecule has 3 atom stereocenters. The highest BCUT2D eigenvalue weighted by Crippen LogP contribution is 2.70. The first-order valence-electron chi connectivity index (χ1n) is 26.0. The summed E-state index contributed by atoms with van der Waals surface area (Å²) in [5, 5.41) is 21.9. The molecule has 1 spiro atoms. The van der Waals surface area contributed by atoms with Crippen LogP contribution in [-0.4, -0.2) is 128 Å². The minimum absolute atomic E-state index is 0.0217. The molecule has 8 heterocycles. The summed E-state index contributed by atoms with van der Waals surface area (Å²) in [4.78, 5) is 151. The summed E-state index contributed by atoms with van der Waals surface area (Å²) in [6.45, 7) is 3.10. The molecule has 8 N–H and O–H groups in total. The number of aromatic nitrogens is 7. The number of hydrogen-bond acceptors (Lipinski definition) is 14. The smallest absolute Gasteiger partial charge is 0.339 e. The summed E-state index contributed by atoms with van der Waals surface area (Å²) in [6.07, 6.45) is 11.4. The molecule has 1 saturated carbocycles. The third-order valence-corrected chi connectivity index (χ3v) is 15.1. The number of nitrogens with zero attached hydrogens (tertiary/aromatic N) is 8. The van der Waals surface area contributed by atoms with Crippen LogP contribution in [0.25, 0.3) is 0 Å². The molecule has 8 amide bonds. The first-order chi connectivity index (χ1) is 39.3. The zero-order valence-corrected chi connectivity index (χ0v) is 46.5. The Morgan fingerprint density at radius 2 is 1.11 bits per heavy atom. The summed E-state index contributed by atoms with van der Waals surface area (Å²) >= 11 is 0. The summed E-state index contributed by atoms with van der Waals surface area (Å²) < 4.78 is 13.9. The van der Waals surface area contributed by atoms with E-state index in [0.29, 0.717) is 34.9 Å². The Labute approximate surface area is 472 Å². The highest BCUT2D eigenvalue weighted by molar-refractivity contribution is 6.26. The summed E-state index contributed by atoms with van der Waals surface area (Å²) in [5.41, 5.74) is 0.767. The predicted molar refractivity (Wildman–Crippen MR) is 297 cm³/mol. The lowest BCUT2D eigenvalue weighted by molar-refractivity contribution is -0.150. The number of carbonyl (C=O) groups excluding carboxylic acids is 11. The maximum absolute atomic E-state index is 14.1. The number of Topliss-reactive ketones (excluding diaryl/α,β-unsaturated/α-hetero) is 1. The van der Waals surface area contributed by atoms with Gasteiger partial charge in [-0.05, 0) is 56.0 Å². The van der Waals surface area contributed by atoms with Gasteiger partial charge >= 0.3 is 5.97 Å². The van der Waals surface area contributed by atoms with Crippen LogP contribution in [0.2, 0.25) is 0 Å². The average Bonchev–Trinajstić information content (AvgIpc) is 1.53. The number of esters is 1. The molecule has 83 heavy (non-hydrogen) atoms. The van der Waals surface area contributed by atoms with Gasteiger partial charge in [0.05, 0.1) is 41.2 Å². The van der Waals surface area contributed by atoms with Crippen LogP contribution >= 0.6 is 0 Å². The van der Waals surface area contributed by atoms with Gasteiger partial charge in [0.2, 0.25) is 23.4 Å². The second-order valence-corrected chi connectivity index (χ2v) is 21.1. The Morgan fingerprint density at radius 3 is 1.65 bits per heavy atom. The van der Waals surface area contributed by atoms with Gasteiger partial charge in [-0.15, -0.1) is 0 Å². The molecule has 0 bridgehead atoms. The highest BCUT2D eigenvalue weighted by atomic mass is 16.5. The van der Waals surface area contributed by atoms with E-state index in [1.165, 1.54) is 90.4 Å². The number of nitrogens with one attached hydrogen (secondary N) is 8. The molecule has 10 rings (SSSR count). The van der Waals surface area contributed by atoms with E-state index >= 15 is 0 Å². The second-order valence-electron chi connectivity index (χ2n) is 21.1. The van der Waals surface area contributed by atoms with Crippen molar-refractivity contribution < 1.29 is 57.5 Å². The number of piperidine rings is 1. The van der Waals surface area contributed by atoms with E-state index in [1.807, 2.05) is 0 Å². The minimum Gasteiger partial charge on any atom is -0.467 e. The van der Waals surface area contributed by atoms with Crippen LogP contribution in [0.4, 0.5) is 34.3 Å². The molecule has 0 aromatic carbocycles. The molecular formula is C55H58N16O12. The van der Waals surface area contributed by atoms with E-state index < -0.39 is 63.9 Å². The van der Waals surface area contributed by atoms with E-state index in [-0.39, 0.29) is 101 Å². The number of ether oxygens (including phenoxy) is 1. The Kier molecular flexibility index (Phi) is 14.0. The maximum Gasteiger partial charge on any atom is 0.339 e. The van der Waals surface area contributed by atoms with Gasteiger partial charge in [-0.25, -0.2) is 9.78 Å². The van der Waals surface area contributed by atoms with Crippen molar-refractivity contribution in [2.75, 3.05) is 52.1 Å². The molecule has 2 aliphatic heterocycles. The van der Waals surface area contributed by atoms with Crippen molar-refractivity contribution in [1.29, 1.82) is 0 Å². The minimum atomic E-state index is -1.77. The molecule has 4 aliphatic rings. The van der Waals surface area contributed by atoms with Crippen molar-refractivity contribution in [3.05, 3.63) is 125 Å². The number of aryl methyl sites for hydroxylation is 6. The average molecular weight is 1140 g/mol. The van der Waals surface area contributed by atoms with E-state index in [1.54, 1.807) is 71.6 Å². The van der Waals surface area contributed by atoms with Crippen LogP contribution < -0.4 is 42.5 Å². The number of allylic oxidation sites excluding steroid dienone is 2. The molecule has 0 radical (unpaired) electrons. The van der Waals surface area contributed by atoms with Gasteiger partial charge in [0.15, 0.2) is 17.1 Å². The number of ketones is 2. The first-order valence-corrected chi connectivity index (χ1v) is 26.0. The van der Waals surface area contributed by atoms with Gasteiger partial charge in [0, 0.05) is 129 Å². The number of methoxy groups -OCH3 is 1. The van der Waals surface area contributed by atoms with Gasteiger partial charge in [0.1, 0.15) is 28.5 Å². The van der Waals surface area contributed by atoms with E-state index in [4.69, 9.17) is 4.74 Å². The summed E-state index contributed by atoms with van der Waals surface area (Å²) in [6, 6.07) is 7.47. The fraction of sp³-hybridized carbons (Fsp3) is 0.309. The van der Waals surface area contributed by atoms with Gasteiger partial charge < -0.3 is 79.6 Å². The first kappa shape index (κ1) is 55.8. The molecule has 430 valence electrons. The van der Waals surface area contributed by atoms with Gasteiger partial charge in [-0.2, -0.15) is 0 Å². The summed E-state index contributed by atoms with van der Waals surface area (Å²) in [5.74, 6) is -5.88. The topological polar surface area (TPSA) is 339 Å². The molecule has 1 saturated heterocycles. The van der Waals surface area contributed by atoms with Crippen molar-refractivity contribution >= 4 is 99.0 Å². The zero-order valence-electron chi connectivity index (χ0n) is 46.5. The third-order valence-electron chi connectivity index (χ3n) is 15.1. The SMILES string of the molecule is COC(=O)[C@@]1(C)NC2=C(C1=O)[C@]13C[C@H]1CN(C(=O)c1cc(NC(=O)c4nc(NC(=O)c5cc(NC(=O)CCCNC(=O)c6cc(NC(=O)c7cc(NC(=O)c8cc(NC(C)=O)cn8C)cn7C)cn6C)cn5C)cn4C)cn1C)C3=CC2=O. The molecular weight excluding hydrogens is 1080 g/mol. The van der Waals surface area contributed by atoms with Crippen molar-refractivity contribution in [3.63, 3.8) is 0 Å². The number of anilines is 6. The number of amides is 8. The zero-order chi connectivity index (χ0) is 59.7. The van der Waals surface area contributed by atoms with Crippen molar-refractivity contribution in [1.82, 2.24) is 47.9 Å². The Bertz CT molecular complexity index is 3930. The quantitative estimate of drug-likeness (QED) is 0.0370. The standard InChI is InChI=1S/C55H58N16O12/c1-27(72)57-29-13-35(66(4)21-29)48(77)60-32-16-36(68(6)24-32)49(78)59-31-15-34(65(3)23-31)47(76)56-12-10-11-42(74)58-30-14-37(67(5)22-30)50(79)63-41-26-70(8)46(62-41)51(80)61-33-17-38(69(7)25-33)52(81)71-20-28-19-55(28)40(71)18-39(73)44-43(55)45(75)54(2,64-44)53(82)83-9/h13-18,21-26,28,64H,10-12,19-20H2,1-9H3,(H,56,76)(H,57,72)(H,58,74)(H,59,78)(H,60,77)(H,61,80)(H,63,79)/t28-,54-,55+/m0/s1. The lowest BCUT2D eigenvalue weighted by Crippen LogP contribution is -2.52. The van der Waals surface area contributed by atoms with Crippen molar-refractivity contribution in [3.8, 4) is 0 Å². The molecule has 28 nitrogen and oxygen atoms in total. The van der Waals surface area contributed by atoms with Crippen LogP contribution in [0.15, 0.2) is 90.6 Å². The number of imidazole rings is 1. The molecule has 6 aromatic heterocycles. The summed E-state index contributed by atoms with van der Waals surface area (Å²) in [7, 11) is 10.9. The largest absolute Gasteiger partial charge is 0.467 e. The molecule has 0 unspecified atom stereocenters. The van der Waals surface area contributed by atoms with Crippen LogP contribution in [-0.2, 0) is 71.0 Å². The lowest BCUT2D eigenvalue weighted by atomic mass is 9.80. The monoisotopic (exact) mass is 1130 g/mol. The molecule has 6 aromatic rings. The van der Waals surface area contributed by atoms with E-state index in [9.17, 15) is 52.7 Å². The molecule has 2 fully saturated rings. The normalized spacial score (nSPS) is 18.3. The van der Waals surface area contributed by atoms with Crippen molar-refractivity contribution in [2.24, 2.45) is 53.6 Å². The highest BCUT2D eigenvalue weighted by Gasteiger charge is 2.73. The Balaban J connectivity index is 0.675. The predicted octanol–water partition coefficient (Wildman–Crippen LogP) is 2.52. The van der Waals surface area contributed by atoms with Crippen molar-refractivity contribution in [2.45, 2.75) is 38.6 Å². The fourth-order valence-corrected chi connectivity index (χ4v) is 11.0. The number of carbonyl (C=O) groups is 11. The number of rotatable bonds is 17. The van der Waals surface area contributed by atoms with Crippen LogP contribution in [0.1, 0.15) is 96.2 Å². The fourth-order valence-electron chi connectivity index (χ4n) is 11.0. The van der Waals surface area contributed by atoms with E-state index in [0.717, 1.165) is 7.11 Å². The molecule has 28 heteroatoms. The van der Waals surface area contributed by atoms with E-state index in [2.05, 4.69) is 47.5 Å².